The van der Waals surface area contributed by atoms with E-state index in [0.29, 0.717) is 22.2 Å². The van der Waals surface area contributed by atoms with E-state index in [2.05, 4.69) is 25.7 Å². The van der Waals surface area contributed by atoms with Crippen LogP contribution in [0.5, 0.6) is 0 Å². The van der Waals surface area contributed by atoms with E-state index in [-0.39, 0.29) is 23.3 Å². The van der Waals surface area contributed by atoms with Crippen molar-refractivity contribution in [1.82, 2.24) is 19.6 Å². The molecule has 1 atom stereocenters. The van der Waals surface area contributed by atoms with Crippen LogP contribution in [0.3, 0.4) is 0 Å². The van der Waals surface area contributed by atoms with Crippen molar-refractivity contribution < 1.29 is 9.59 Å². The first-order valence-corrected chi connectivity index (χ1v) is 15.8. The normalized spacial score (nSPS) is 18.8. The molecule has 4 rings (SSSR count). The molecule has 40 heavy (non-hydrogen) atoms. The minimum Gasteiger partial charge on any atom is -0.347 e. The molecule has 0 radical (unpaired) electrons. The lowest BCUT2D eigenvalue weighted by atomic mass is 9.82. The largest absolute Gasteiger partial charge is 0.347 e. The average Bonchev–Trinajstić information content (AvgIpc) is 2.96. The van der Waals surface area contributed by atoms with Crippen LogP contribution >= 0.6 is 39.1 Å². The molecule has 2 aliphatic rings. The number of rotatable bonds is 9. The minimum atomic E-state index is -0.390. The number of halogens is 3. The quantitative estimate of drug-likeness (QED) is 0.314. The zero-order valence-electron chi connectivity index (χ0n) is 23.8. The fourth-order valence-corrected chi connectivity index (χ4v) is 7.03. The molecule has 2 fully saturated rings. The lowest BCUT2D eigenvalue weighted by molar-refractivity contribution is -0.147. The molecule has 0 bridgehead atoms. The van der Waals surface area contributed by atoms with Gasteiger partial charge < -0.3 is 14.7 Å². The number of hydrogen-bond acceptors (Lipinski definition) is 4. The summed E-state index contributed by atoms with van der Waals surface area (Å²) in [6.45, 7) is 5.23. The van der Waals surface area contributed by atoms with Gasteiger partial charge >= 0.3 is 0 Å². The summed E-state index contributed by atoms with van der Waals surface area (Å²) in [7, 11) is 5.62. The molecule has 0 spiro atoms. The summed E-state index contributed by atoms with van der Waals surface area (Å²) >= 11 is 16.2. The van der Waals surface area contributed by atoms with E-state index < -0.39 is 0 Å². The molecule has 0 aliphatic carbocycles. The molecule has 1 unspecified atom stereocenters. The van der Waals surface area contributed by atoms with E-state index in [9.17, 15) is 9.59 Å². The zero-order chi connectivity index (χ0) is 28.9. The maximum atomic E-state index is 13.5. The highest BCUT2D eigenvalue weighted by molar-refractivity contribution is 9.10. The number of hydrogen-bond donors (Lipinski definition) is 0. The molecule has 218 valence electrons. The van der Waals surface area contributed by atoms with Gasteiger partial charge in [0.05, 0.1) is 15.6 Å². The fourth-order valence-electron chi connectivity index (χ4n) is 6.27. The lowest BCUT2D eigenvalue weighted by Gasteiger charge is -2.50. The van der Waals surface area contributed by atoms with Gasteiger partial charge in [0.1, 0.15) is 5.54 Å². The fraction of sp³-hybridized carbons (Fsp3) is 0.548. The standard InChI is InChI=1S/C31H41BrCl2N4O2/c1-35(2)30(40)31(38-16-7-4-8-17-38)14-19-37(20-15-31)18-13-24(23-11-12-27(33)28(34)21-23)22-36(3)29(39)25-9-5-6-10-26(25)32/h5-6,9-12,21,24H,4,7-8,13-20,22H2,1-3H3. The Kier molecular flexibility index (Phi) is 11.0. The monoisotopic (exact) mass is 650 g/mol. The third-order valence-corrected chi connectivity index (χ3v) is 10.0. The first-order valence-electron chi connectivity index (χ1n) is 14.3. The highest BCUT2D eigenvalue weighted by Crippen LogP contribution is 2.34. The second kappa shape index (κ2) is 14.0. The molecule has 0 saturated carbocycles. The molecule has 9 heteroatoms. The Morgan fingerprint density at radius 2 is 1.62 bits per heavy atom. The molecule has 0 N–H and O–H groups in total. The zero-order valence-corrected chi connectivity index (χ0v) is 26.9. The Balaban J connectivity index is 1.46. The van der Waals surface area contributed by atoms with Crippen molar-refractivity contribution in [2.75, 3.05) is 60.4 Å². The molecular formula is C31H41BrCl2N4O2. The molecule has 2 amide bonds. The predicted octanol–water partition coefficient (Wildman–Crippen LogP) is 6.41. The molecular weight excluding hydrogens is 611 g/mol. The van der Waals surface area contributed by atoms with Gasteiger partial charge in [0, 0.05) is 51.2 Å². The predicted molar refractivity (Wildman–Crippen MR) is 167 cm³/mol. The summed E-state index contributed by atoms with van der Waals surface area (Å²) in [6, 6.07) is 13.3. The van der Waals surface area contributed by atoms with Crippen LogP contribution in [0.15, 0.2) is 46.9 Å². The van der Waals surface area contributed by atoms with E-state index in [1.165, 1.54) is 19.3 Å². The molecule has 2 aromatic carbocycles. The SMILES string of the molecule is CN(C)C(=O)C1(N2CCCCC2)CCN(CCC(CN(C)C(=O)c2ccccc2Br)c2ccc(Cl)c(Cl)c2)CC1. The first kappa shape index (κ1) is 31.3. The van der Waals surface area contributed by atoms with E-state index in [1.807, 2.05) is 63.6 Å². The number of nitrogens with zero attached hydrogens (tertiary/aromatic N) is 4. The van der Waals surface area contributed by atoms with Crippen LogP contribution in [-0.4, -0.2) is 97.4 Å². The van der Waals surface area contributed by atoms with Gasteiger partial charge in [0.15, 0.2) is 0 Å². The topological polar surface area (TPSA) is 47.1 Å². The number of carbonyl (C=O) groups excluding carboxylic acids is 2. The third kappa shape index (κ3) is 7.22. The number of piperidine rings is 2. The summed E-state index contributed by atoms with van der Waals surface area (Å²) in [5.74, 6) is 0.308. The Bertz CT molecular complexity index is 1180. The van der Waals surface area contributed by atoms with Crippen molar-refractivity contribution in [3.05, 3.63) is 68.1 Å². The van der Waals surface area contributed by atoms with Gasteiger partial charge in [-0.1, -0.05) is 47.8 Å². The van der Waals surface area contributed by atoms with Crippen molar-refractivity contribution in [1.29, 1.82) is 0 Å². The molecule has 2 aromatic rings. The van der Waals surface area contributed by atoms with E-state index in [4.69, 9.17) is 23.2 Å². The van der Waals surface area contributed by atoms with Crippen molar-refractivity contribution in [3.8, 4) is 0 Å². The van der Waals surface area contributed by atoms with Crippen molar-refractivity contribution in [2.24, 2.45) is 0 Å². The van der Waals surface area contributed by atoms with Crippen LogP contribution < -0.4 is 0 Å². The van der Waals surface area contributed by atoms with Gasteiger partial charge in [0.2, 0.25) is 5.91 Å². The van der Waals surface area contributed by atoms with Crippen LogP contribution in [-0.2, 0) is 4.79 Å². The second-order valence-corrected chi connectivity index (χ2v) is 13.1. The van der Waals surface area contributed by atoms with Crippen LogP contribution in [0.1, 0.15) is 60.4 Å². The summed E-state index contributed by atoms with van der Waals surface area (Å²) in [6.07, 6.45) is 6.16. The van der Waals surface area contributed by atoms with Gasteiger partial charge in [-0.05, 0) is 97.5 Å². The molecule has 2 heterocycles. The maximum absolute atomic E-state index is 13.5. The van der Waals surface area contributed by atoms with Gasteiger partial charge in [0.25, 0.3) is 5.91 Å². The first-order chi connectivity index (χ1) is 19.1. The van der Waals surface area contributed by atoms with Crippen molar-refractivity contribution in [3.63, 3.8) is 0 Å². The van der Waals surface area contributed by atoms with Gasteiger partial charge in [-0.15, -0.1) is 0 Å². The molecule has 2 saturated heterocycles. The molecule has 2 aliphatic heterocycles. The minimum absolute atomic E-state index is 0.0241. The van der Waals surface area contributed by atoms with Crippen LogP contribution in [0.25, 0.3) is 0 Å². The highest BCUT2D eigenvalue weighted by Gasteiger charge is 2.47. The lowest BCUT2D eigenvalue weighted by Crippen LogP contribution is -2.64. The second-order valence-electron chi connectivity index (χ2n) is 11.4. The van der Waals surface area contributed by atoms with Crippen LogP contribution in [0, 0.1) is 0 Å². The summed E-state index contributed by atoms with van der Waals surface area (Å²) < 4.78 is 0.788. The highest BCUT2D eigenvalue weighted by atomic mass is 79.9. The van der Waals surface area contributed by atoms with Gasteiger partial charge in [-0.25, -0.2) is 0 Å². The van der Waals surface area contributed by atoms with Gasteiger partial charge in [-0.2, -0.15) is 0 Å². The number of likely N-dealkylation sites (tertiary alicyclic amines) is 2. The third-order valence-electron chi connectivity index (χ3n) is 8.60. The van der Waals surface area contributed by atoms with E-state index in [1.54, 1.807) is 9.80 Å². The average molecular weight is 653 g/mol. The molecule has 6 nitrogen and oxygen atoms in total. The number of benzene rings is 2. The van der Waals surface area contributed by atoms with Crippen LogP contribution in [0.2, 0.25) is 10.0 Å². The Morgan fingerprint density at radius 3 is 2.25 bits per heavy atom. The number of likely N-dealkylation sites (N-methyl/N-ethyl adjacent to an activating group) is 2. The summed E-state index contributed by atoms with van der Waals surface area (Å²) in [5.41, 5.74) is 1.33. The Labute approximate surface area is 257 Å². The number of amides is 2. The smallest absolute Gasteiger partial charge is 0.254 e. The summed E-state index contributed by atoms with van der Waals surface area (Å²) in [5, 5.41) is 1.05. The number of carbonyl (C=O) groups is 2. The maximum Gasteiger partial charge on any atom is 0.254 e. The Morgan fingerprint density at radius 1 is 0.950 bits per heavy atom. The van der Waals surface area contributed by atoms with E-state index >= 15 is 0 Å². The van der Waals surface area contributed by atoms with E-state index in [0.717, 1.165) is 62.0 Å². The van der Waals surface area contributed by atoms with Crippen molar-refractivity contribution in [2.45, 2.75) is 50.0 Å². The Hall–Kier alpha value is -1.64. The van der Waals surface area contributed by atoms with Gasteiger partial charge in [-0.3, -0.25) is 14.5 Å². The molecule has 0 aromatic heterocycles. The summed E-state index contributed by atoms with van der Waals surface area (Å²) in [4.78, 5) is 35.3. The van der Waals surface area contributed by atoms with Crippen LogP contribution in [0.4, 0.5) is 0 Å². The van der Waals surface area contributed by atoms with Crippen molar-refractivity contribution >= 4 is 50.9 Å².